The maximum Gasteiger partial charge on any atom is 0.156 e. The summed E-state index contributed by atoms with van der Waals surface area (Å²) in [6.45, 7) is 2.23. The normalized spacial score (nSPS) is 30.3. The third-order valence-electron chi connectivity index (χ3n) is 4.56. The summed E-state index contributed by atoms with van der Waals surface area (Å²) < 4.78 is 13.8. The van der Waals surface area contributed by atoms with E-state index in [0.29, 0.717) is 22.9 Å². The second-order valence-corrected chi connectivity index (χ2v) is 7.89. The highest BCUT2D eigenvalue weighted by atomic mass is 79.9. The van der Waals surface area contributed by atoms with Gasteiger partial charge in [-0.1, -0.05) is 6.92 Å². The number of halogens is 2. The lowest BCUT2D eigenvalue weighted by molar-refractivity contribution is -0.120. The van der Waals surface area contributed by atoms with E-state index in [0.717, 1.165) is 12.0 Å². The van der Waals surface area contributed by atoms with E-state index in [1.807, 2.05) is 6.26 Å². The summed E-state index contributed by atoms with van der Waals surface area (Å²) in [5.41, 5.74) is 1.82. The van der Waals surface area contributed by atoms with Crippen molar-refractivity contribution >= 4 is 33.5 Å². The van der Waals surface area contributed by atoms with Crippen LogP contribution in [0, 0.1) is 11.2 Å². The third-order valence-corrected chi connectivity index (χ3v) is 5.71. The molecule has 1 aromatic rings. The fraction of sp³-hybridized carbons (Fsp3) is 0.600. The van der Waals surface area contributed by atoms with Crippen molar-refractivity contribution in [1.29, 1.82) is 0 Å². The van der Waals surface area contributed by atoms with Crippen molar-refractivity contribution in [1.82, 2.24) is 10.3 Å². The smallest absolute Gasteiger partial charge is 0.156 e. The topological polar surface area (TPSA) is 42.0 Å². The average Bonchev–Trinajstić information content (AvgIpc) is 2.93. The van der Waals surface area contributed by atoms with E-state index in [2.05, 4.69) is 33.2 Å². The van der Waals surface area contributed by atoms with E-state index in [4.69, 9.17) is 0 Å². The van der Waals surface area contributed by atoms with Gasteiger partial charge in [0, 0.05) is 11.8 Å². The number of pyridine rings is 1. The standard InChI is InChI=1S/C15H18BrFN2OS/c1-15-5-11(18-13(15)6-15)12(20)4-10-8(7-21-2)3-9(17)14(16)19-10/h3,11,13,18H,4-7H2,1-2H3/t11?,13-,15+/m1/s1. The molecule has 1 unspecified atom stereocenters. The number of nitrogens with one attached hydrogen (secondary N) is 1. The van der Waals surface area contributed by atoms with Crippen molar-refractivity contribution in [3.05, 3.63) is 27.7 Å². The fourth-order valence-corrected chi connectivity index (χ4v) is 4.02. The number of thioether (sulfide) groups is 1. The van der Waals surface area contributed by atoms with Crippen LogP contribution in [0.2, 0.25) is 0 Å². The number of rotatable bonds is 5. The molecule has 0 aromatic carbocycles. The Morgan fingerprint density at radius 3 is 3.00 bits per heavy atom. The highest BCUT2D eigenvalue weighted by molar-refractivity contribution is 9.10. The molecule has 1 aliphatic carbocycles. The number of Topliss-reactive ketones (excluding diaryl/α,β-unsaturated/α-hetero) is 1. The van der Waals surface area contributed by atoms with E-state index < -0.39 is 0 Å². The summed E-state index contributed by atoms with van der Waals surface area (Å²) in [7, 11) is 0. The number of fused-ring (bicyclic) bond motifs is 1. The van der Waals surface area contributed by atoms with Crippen molar-refractivity contribution in [2.24, 2.45) is 5.41 Å². The van der Waals surface area contributed by atoms with Gasteiger partial charge in [-0.2, -0.15) is 11.8 Å². The largest absolute Gasteiger partial charge is 0.304 e. The number of aromatic nitrogens is 1. The monoisotopic (exact) mass is 372 g/mol. The molecule has 3 nitrogen and oxygen atoms in total. The van der Waals surface area contributed by atoms with Crippen molar-refractivity contribution in [2.45, 2.75) is 44.0 Å². The van der Waals surface area contributed by atoms with E-state index in [1.54, 1.807) is 11.8 Å². The Hall–Kier alpha value is -0.460. The Morgan fingerprint density at radius 2 is 2.38 bits per heavy atom. The second kappa shape index (κ2) is 5.63. The Balaban J connectivity index is 1.74. The molecule has 1 aromatic heterocycles. The zero-order valence-corrected chi connectivity index (χ0v) is 14.5. The van der Waals surface area contributed by atoms with Gasteiger partial charge in [0.05, 0.1) is 18.2 Å². The van der Waals surface area contributed by atoms with Gasteiger partial charge in [-0.25, -0.2) is 9.37 Å². The summed E-state index contributed by atoms with van der Waals surface area (Å²) in [6.07, 6.45) is 4.32. The van der Waals surface area contributed by atoms with Crippen LogP contribution in [0.15, 0.2) is 10.7 Å². The SMILES string of the molecule is CSCc1cc(F)c(Br)nc1CC(=O)C1C[C@@]2(C)C[C@H]2N1. The molecule has 3 atom stereocenters. The van der Waals surface area contributed by atoms with Gasteiger partial charge in [-0.05, 0) is 52.1 Å². The lowest BCUT2D eigenvalue weighted by Crippen LogP contribution is -2.35. The number of hydrogen-bond donors (Lipinski definition) is 1. The Bertz CT molecular complexity index is 597. The summed E-state index contributed by atoms with van der Waals surface area (Å²) in [4.78, 5) is 16.7. The van der Waals surface area contributed by atoms with Gasteiger partial charge in [-0.15, -0.1) is 0 Å². The molecule has 1 aliphatic heterocycles. The van der Waals surface area contributed by atoms with Crippen LogP contribution in [-0.4, -0.2) is 29.1 Å². The molecule has 0 radical (unpaired) electrons. The zero-order valence-electron chi connectivity index (χ0n) is 12.1. The third kappa shape index (κ3) is 3.03. The molecule has 6 heteroatoms. The molecule has 0 spiro atoms. The van der Waals surface area contributed by atoms with Crippen LogP contribution in [0.3, 0.4) is 0 Å². The highest BCUT2D eigenvalue weighted by Crippen LogP contribution is 2.54. The van der Waals surface area contributed by atoms with Gasteiger partial charge >= 0.3 is 0 Å². The number of ketones is 1. The van der Waals surface area contributed by atoms with Crippen LogP contribution in [0.1, 0.15) is 31.0 Å². The van der Waals surface area contributed by atoms with E-state index in [1.165, 1.54) is 12.5 Å². The van der Waals surface area contributed by atoms with E-state index >= 15 is 0 Å². The Labute approximate surface area is 136 Å². The van der Waals surface area contributed by atoms with Crippen molar-refractivity contribution in [2.75, 3.05) is 6.26 Å². The first kappa shape index (κ1) is 15.4. The number of piperidine rings is 1. The summed E-state index contributed by atoms with van der Waals surface area (Å²) in [6, 6.07) is 1.92. The molecular weight excluding hydrogens is 355 g/mol. The molecular formula is C15H18BrFN2OS. The first-order valence-electron chi connectivity index (χ1n) is 7.04. The molecule has 2 fully saturated rings. The fourth-order valence-electron chi connectivity index (χ4n) is 3.13. The lowest BCUT2D eigenvalue weighted by Gasteiger charge is -2.14. The van der Waals surface area contributed by atoms with Crippen LogP contribution in [-0.2, 0) is 17.0 Å². The first-order valence-corrected chi connectivity index (χ1v) is 9.23. The van der Waals surface area contributed by atoms with Crippen LogP contribution >= 0.6 is 27.7 Å². The van der Waals surface area contributed by atoms with Gasteiger partial charge in [0.25, 0.3) is 0 Å². The minimum atomic E-state index is -0.372. The predicted octanol–water partition coefficient (Wildman–Crippen LogP) is 3.10. The van der Waals surface area contributed by atoms with Crippen LogP contribution in [0.25, 0.3) is 0 Å². The molecule has 2 aliphatic rings. The van der Waals surface area contributed by atoms with E-state index in [9.17, 15) is 9.18 Å². The van der Waals surface area contributed by atoms with Crippen LogP contribution < -0.4 is 5.32 Å². The summed E-state index contributed by atoms with van der Waals surface area (Å²) in [5.74, 6) is 0.456. The van der Waals surface area contributed by atoms with Gasteiger partial charge in [0.15, 0.2) is 11.6 Å². The lowest BCUT2D eigenvalue weighted by atomic mass is 9.97. The highest BCUT2D eigenvalue weighted by Gasteiger charge is 2.57. The van der Waals surface area contributed by atoms with Crippen LogP contribution in [0.5, 0.6) is 0 Å². The quantitative estimate of drug-likeness (QED) is 0.806. The molecule has 0 amide bonds. The Morgan fingerprint density at radius 1 is 1.62 bits per heavy atom. The predicted molar refractivity (Wildman–Crippen MR) is 85.9 cm³/mol. The molecule has 0 bridgehead atoms. The molecule has 114 valence electrons. The minimum absolute atomic E-state index is 0.0680. The van der Waals surface area contributed by atoms with Crippen molar-refractivity contribution in [3.63, 3.8) is 0 Å². The van der Waals surface area contributed by atoms with Gasteiger partial charge in [0.2, 0.25) is 0 Å². The number of carbonyl (C=O) groups is 1. The summed E-state index contributed by atoms with van der Waals surface area (Å²) >= 11 is 4.71. The summed E-state index contributed by atoms with van der Waals surface area (Å²) in [5, 5.41) is 3.40. The molecule has 1 saturated carbocycles. The molecule has 2 heterocycles. The first-order chi connectivity index (χ1) is 9.93. The number of nitrogens with zero attached hydrogens (tertiary/aromatic N) is 1. The maximum atomic E-state index is 13.6. The molecule has 1 saturated heterocycles. The van der Waals surface area contributed by atoms with E-state index in [-0.39, 0.29) is 28.7 Å². The number of hydrogen-bond acceptors (Lipinski definition) is 4. The second-order valence-electron chi connectivity index (χ2n) is 6.28. The molecule has 3 rings (SSSR count). The maximum absolute atomic E-state index is 13.6. The zero-order chi connectivity index (χ0) is 15.2. The van der Waals surface area contributed by atoms with Gasteiger partial charge in [-0.3, -0.25) is 4.79 Å². The average molecular weight is 373 g/mol. The van der Waals surface area contributed by atoms with Gasteiger partial charge in [0.1, 0.15) is 4.60 Å². The van der Waals surface area contributed by atoms with Crippen LogP contribution in [0.4, 0.5) is 4.39 Å². The number of carbonyl (C=O) groups excluding carboxylic acids is 1. The molecule has 1 N–H and O–H groups in total. The van der Waals surface area contributed by atoms with Gasteiger partial charge < -0.3 is 5.32 Å². The molecule has 21 heavy (non-hydrogen) atoms. The Kier molecular flexibility index (Phi) is 4.14. The minimum Gasteiger partial charge on any atom is -0.304 e. The van der Waals surface area contributed by atoms with Crippen molar-refractivity contribution in [3.8, 4) is 0 Å². The van der Waals surface area contributed by atoms with Crippen molar-refractivity contribution < 1.29 is 9.18 Å².